The van der Waals surface area contributed by atoms with E-state index in [1.807, 2.05) is 30.3 Å². The number of H-pyrrole nitrogens is 1. The Kier molecular flexibility index (Phi) is 3.45. The van der Waals surface area contributed by atoms with Gasteiger partial charge in [0, 0.05) is 33.2 Å². The number of hydrogen-bond donors (Lipinski definition) is 1. The van der Waals surface area contributed by atoms with Crippen molar-refractivity contribution in [2.75, 3.05) is 0 Å². The van der Waals surface area contributed by atoms with Crippen molar-refractivity contribution in [3.05, 3.63) is 79.6 Å². The van der Waals surface area contributed by atoms with Crippen LogP contribution in [0.4, 0.5) is 0 Å². The highest BCUT2D eigenvalue weighted by atomic mass is 35.5. The summed E-state index contributed by atoms with van der Waals surface area (Å²) >= 11 is 12.3. The Labute approximate surface area is 148 Å². The van der Waals surface area contributed by atoms with E-state index in [0.717, 1.165) is 22.4 Å². The summed E-state index contributed by atoms with van der Waals surface area (Å²) in [7, 11) is 0. The number of hydrogen-bond acceptors (Lipinski definition) is 2. The summed E-state index contributed by atoms with van der Waals surface area (Å²) in [6, 6.07) is 15.0. The van der Waals surface area contributed by atoms with E-state index in [1.165, 1.54) is 0 Å². The second kappa shape index (κ2) is 5.52. The minimum atomic E-state index is -0.408. The van der Waals surface area contributed by atoms with Crippen molar-refractivity contribution < 1.29 is 0 Å². The summed E-state index contributed by atoms with van der Waals surface area (Å²) in [4.78, 5) is 15.3. The first-order valence-corrected chi connectivity index (χ1v) is 8.08. The van der Waals surface area contributed by atoms with Gasteiger partial charge in [-0.3, -0.25) is 4.79 Å². The molecule has 4 rings (SSSR count). The summed E-state index contributed by atoms with van der Waals surface area (Å²) in [6.45, 7) is 0. The zero-order valence-electron chi connectivity index (χ0n) is 12.4. The molecule has 0 bridgehead atoms. The molecule has 0 spiro atoms. The quantitative estimate of drug-likeness (QED) is 0.535. The molecule has 3 aromatic rings. The van der Waals surface area contributed by atoms with Gasteiger partial charge < -0.3 is 4.98 Å². The maximum atomic E-state index is 12.4. The molecule has 1 N–H and O–H groups in total. The Morgan fingerprint density at radius 2 is 1.88 bits per heavy atom. The number of halogens is 2. The minimum absolute atomic E-state index is 0.0748. The second-order valence-electron chi connectivity index (χ2n) is 5.63. The Morgan fingerprint density at radius 3 is 2.62 bits per heavy atom. The smallest absolute Gasteiger partial charge is 0.266 e. The van der Waals surface area contributed by atoms with Crippen LogP contribution < -0.4 is 5.56 Å². The first kappa shape index (κ1) is 15.0. The van der Waals surface area contributed by atoms with E-state index >= 15 is 0 Å². The molecule has 5 heteroatoms. The van der Waals surface area contributed by atoms with Gasteiger partial charge in [-0.05, 0) is 23.3 Å². The maximum absolute atomic E-state index is 12.4. The van der Waals surface area contributed by atoms with Gasteiger partial charge >= 0.3 is 0 Å². The number of pyridine rings is 1. The molecule has 0 radical (unpaired) electrons. The lowest BCUT2D eigenvalue weighted by Gasteiger charge is -2.12. The summed E-state index contributed by atoms with van der Waals surface area (Å²) in [5.74, 6) is 0. The number of rotatable bonds is 1. The monoisotopic (exact) mass is 352 g/mol. The van der Waals surface area contributed by atoms with Gasteiger partial charge in [-0.1, -0.05) is 53.5 Å². The van der Waals surface area contributed by atoms with Crippen molar-refractivity contribution in [1.82, 2.24) is 4.98 Å². The highest BCUT2D eigenvalue weighted by Gasteiger charge is 2.27. The van der Waals surface area contributed by atoms with E-state index in [4.69, 9.17) is 23.2 Å². The Balaban J connectivity index is 2.10. The van der Waals surface area contributed by atoms with Gasteiger partial charge in [0.1, 0.15) is 11.6 Å². The van der Waals surface area contributed by atoms with Gasteiger partial charge in [0.15, 0.2) is 0 Å². The first-order valence-electron chi connectivity index (χ1n) is 7.33. The van der Waals surface area contributed by atoms with E-state index in [1.54, 1.807) is 18.2 Å². The number of nitrogens with one attached hydrogen (secondary N) is 1. The van der Waals surface area contributed by atoms with Gasteiger partial charge in [0.05, 0.1) is 5.69 Å². The van der Waals surface area contributed by atoms with E-state index in [-0.39, 0.29) is 5.56 Å². The van der Waals surface area contributed by atoms with Gasteiger partial charge in [-0.15, -0.1) is 0 Å². The molecule has 1 aliphatic rings. The van der Waals surface area contributed by atoms with Crippen LogP contribution in [-0.4, -0.2) is 4.98 Å². The molecular weight excluding hydrogens is 343 g/mol. The topological polar surface area (TPSA) is 56.6 Å². The summed E-state index contributed by atoms with van der Waals surface area (Å²) in [6.07, 6.45) is 0.644. The number of benzene rings is 2. The van der Waals surface area contributed by atoms with Crippen molar-refractivity contribution >= 4 is 23.2 Å². The van der Waals surface area contributed by atoms with Gasteiger partial charge in [0.25, 0.3) is 5.56 Å². The van der Waals surface area contributed by atoms with Crippen molar-refractivity contribution in [2.24, 2.45) is 0 Å². The number of nitriles is 1. The zero-order chi connectivity index (χ0) is 16.8. The molecule has 0 aliphatic heterocycles. The van der Waals surface area contributed by atoms with Crippen LogP contribution in [0.2, 0.25) is 10.0 Å². The lowest BCUT2D eigenvalue weighted by molar-refractivity contribution is 1.17. The van der Waals surface area contributed by atoms with Crippen molar-refractivity contribution in [2.45, 2.75) is 6.42 Å². The summed E-state index contributed by atoms with van der Waals surface area (Å²) in [5.41, 5.74) is 4.68. The maximum Gasteiger partial charge on any atom is 0.266 e. The van der Waals surface area contributed by atoms with E-state index in [0.29, 0.717) is 27.6 Å². The predicted molar refractivity (Wildman–Crippen MR) is 95.5 cm³/mol. The van der Waals surface area contributed by atoms with E-state index in [9.17, 15) is 10.1 Å². The third-order valence-electron chi connectivity index (χ3n) is 4.29. The summed E-state index contributed by atoms with van der Waals surface area (Å²) in [5, 5.41) is 10.4. The normalized spacial score (nSPS) is 11.7. The van der Waals surface area contributed by atoms with Crippen LogP contribution in [0.3, 0.4) is 0 Å². The molecule has 1 heterocycles. The molecule has 0 amide bonds. The molecule has 0 unspecified atom stereocenters. The third kappa shape index (κ3) is 2.16. The average Bonchev–Trinajstić information content (AvgIpc) is 2.92. The molecule has 116 valence electrons. The Bertz CT molecular complexity index is 1090. The number of nitrogens with zero attached hydrogens (tertiary/aromatic N) is 1. The van der Waals surface area contributed by atoms with Crippen LogP contribution >= 0.6 is 23.2 Å². The molecule has 24 heavy (non-hydrogen) atoms. The standard InChI is InChI=1S/C19H10Cl2N2O/c20-11-5-6-13(16(21)8-11)17-14-7-10-3-1-2-4-12(10)18(14)23-19(24)15(17)9-22/h1-6,8H,7H2,(H,23,24). The lowest BCUT2D eigenvalue weighted by atomic mass is 9.94. The average molecular weight is 353 g/mol. The van der Waals surface area contributed by atoms with Crippen LogP contribution in [0.1, 0.15) is 16.7 Å². The van der Waals surface area contributed by atoms with E-state index in [2.05, 4.69) is 4.98 Å². The Hall–Kier alpha value is -2.54. The molecule has 0 saturated carbocycles. The summed E-state index contributed by atoms with van der Waals surface area (Å²) < 4.78 is 0. The van der Waals surface area contributed by atoms with Crippen molar-refractivity contribution in [1.29, 1.82) is 5.26 Å². The fourth-order valence-corrected chi connectivity index (χ4v) is 3.76. The van der Waals surface area contributed by atoms with Gasteiger partial charge in [-0.2, -0.15) is 5.26 Å². The van der Waals surface area contributed by atoms with Crippen LogP contribution in [0.25, 0.3) is 22.4 Å². The number of aromatic amines is 1. The largest absolute Gasteiger partial charge is 0.320 e. The van der Waals surface area contributed by atoms with Crippen LogP contribution in [0.15, 0.2) is 47.3 Å². The van der Waals surface area contributed by atoms with Crippen molar-refractivity contribution in [3.63, 3.8) is 0 Å². The first-order chi connectivity index (χ1) is 11.6. The van der Waals surface area contributed by atoms with Crippen molar-refractivity contribution in [3.8, 4) is 28.5 Å². The van der Waals surface area contributed by atoms with Crippen LogP contribution in [0.5, 0.6) is 0 Å². The molecule has 3 nitrogen and oxygen atoms in total. The Morgan fingerprint density at radius 1 is 1.08 bits per heavy atom. The SMILES string of the molecule is N#Cc1c(-c2ccc(Cl)cc2Cl)c2c([nH]c1=O)-c1ccccc1C2. The molecule has 1 aromatic heterocycles. The minimum Gasteiger partial charge on any atom is -0.320 e. The molecular formula is C19H10Cl2N2O. The molecule has 0 fully saturated rings. The fraction of sp³-hybridized carbons (Fsp3) is 0.0526. The molecule has 1 aliphatic carbocycles. The predicted octanol–water partition coefficient (Wildman–Crippen LogP) is 4.79. The third-order valence-corrected chi connectivity index (χ3v) is 4.83. The number of fused-ring (bicyclic) bond motifs is 3. The zero-order valence-corrected chi connectivity index (χ0v) is 13.9. The van der Waals surface area contributed by atoms with Crippen LogP contribution in [0, 0.1) is 11.3 Å². The molecule has 0 saturated heterocycles. The highest BCUT2D eigenvalue weighted by molar-refractivity contribution is 6.36. The lowest BCUT2D eigenvalue weighted by Crippen LogP contribution is -2.14. The van der Waals surface area contributed by atoms with Gasteiger partial charge in [-0.25, -0.2) is 0 Å². The fourth-order valence-electron chi connectivity index (χ4n) is 3.25. The van der Waals surface area contributed by atoms with Crippen LogP contribution in [-0.2, 0) is 6.42 Å². The van der Waals surface area contributed by atoms with Gasteiger partial charge in [0.2, 0.25) is 0 Å². The number of aromatic nitrogens is 1. The highest BCUT2D eigenvalue weighted by Crippen LogP contribution is 2.42. The molecule has 2 aromatic carbocycles. The second-order valence-corrected chi connectivity index (χ2v) is 6.47. The van der Waals surface area contributed by atoms with E-state index < -0.39 is 5.56 Å². The molecule has 0 atom stereocenters.